The molecule has 0 unspecified atom stereocenters. The Balaban J connectivity index is 1.61. The van der Waals surface area contributed by atoms with Gasteiger partial charge in [0.05, 0.1) is 11.5 Å². The van der Waals surface area contributed by atoms with E-state index >= 15 is 0 Å². The van der Waals surface area contributed by atoms with E-state index < -0.39 is 0 Å². The second-order valence-corrected chi connectivity index (χ2v) is 5.40. The molecule has 3 aliphatic rings. The Morgan fingerprint density at radius 1 is 1.32 bits per heavy atom. The number of amides is 2. The summed E-state index contributed by atoms with van der Waals surface area (Å²) in [6, 6.07) is 0. The fourth-order valence-corrected chi connectivity index (χ4v) is 2.80. The van der Waals surface area contributed by atoms with Crippen LogP contribution in [0.3, 0.4) is 0 Å². The maximum atomic E-state index is 12.3. The van der Waals surface area contributed by atoms with Gasteiger partial charge in [0, 0.05) is 41.9 Å². The highest BCUT2D eigenvalue weighted by atomic mass is 16.2. The van der Waals surface area contributed by atoms with Crippen molar-refractivity contribution in [1.82, 2.24) is 15.4 Å². The number of carbonyl (C=O) groups excluding carboxylic acids is 2. The highest BCUT2D eigenvalue weighted by molar-refractivity contribution is 5.97. The third-order valence-corrected chi connectivity index (χ3v) is 3.98. The lowest BCUT2D eigenvalue weighted by atomic mass is 9.98. The zero-order valence-corrected chi connectivity index (χ0v) is 11.7. The van der Waals surface area contributed by atoms with Gasteiger partial charge in [-0.15, -0.1) is 0 Å². The summed E-state index contributed by atoms with van der Waals surface area (Å²) in [4.78, 5) is 28.3. The van der Waals surface area contributed by atoms with Gasteiger partial charge in [0.15, 0.2) is 0 Å². The molecule has 0 atom stereocenters. The van der Waals surface area contributed by atoms with Crippen molar-refractivity contribution in [2.75, 3.05) is 6.54 Å². The van der Waals surface area contributed by atoms with E-state index in [0.717, 1.165) is 28.2 Å². The molecule has 110 valence electrons. The Hall–Kier alpha value is -2.83. The van der Waals surface area contributed by atoms with Crippen LogP contribution in [0, 0.1) is 0 Å². The van der Waals surface area contributed by atoms with E-state index in [-0.39, 0.29) is 11.8 Å². The van der Waals surface area contributed by atoms with Crippen LogP contribution in [0.15, 0.2) is 28.1 Å². The van der Waals surface area contributed by atoms with E-state index in [1.807, 2.05) is 0 Å². The number of hydrogen-bond acceptors (Lipinski definition) is 5. The summed E-state index contributed by atoms with van der Waals surface area (Å²) in [5, 5.41) is 11.1. The average molecular weight is 295 g/mol. The summed E-state index contributed by atoms with van der Waals surface area (Å²) in [6.07, 6.45) is 8.63. The molecule has 2 aliphatic heterocycles. The number of pyridine rings is 1. The molecule has 1 fully saturated rings. The molecule has 7 heteroatoms. The van der Waals surface area contributed by atoms with Crippen molar-refractivity contribution in [1.29, 1.82) is 0 Å². The highest BCUT2D eigenvalue weighted by Crippen LogP contribution is 2.20. The highest BCUT2D eigenvalue weighted by Gasteiger charge is 2.24. The van der Waals surface area contributed by atoms with E-state index in [1.165, 1.54) is 5.01 Å². The van der Waals surface area contributed by atoms with Gasteiger partial charge in [-0.1, -0.05) is 6.08 Å². The van der Waals surface area contributed by atoms with Gasteiger partial charge < -0.3 is 0 Å². The van der Waals surface area contributed by atoms with Gasteiger partial charge in [-0.3, -0.25) is 25.0 Å². The zero-order chi connectivity index (χ0) is 15.1. The molecule has 22 heavy (non-hydrogen) atoms. The molecule has 1 aromatic heterocycles. The summed E-state index contributed by atoms with van der Waals surface area (Å²) < 4.78 is 0. The normalized spacial score (nSPS) is 18.3. The Kier molecular flexibility index (Phi) is 2.85. The summed E-state index contributed by atoms with van der Waals surface area (Å²) >= 11 is 0. The van der Waals surface area contributed by atoms with Crippen molar-refractivity contribution in [3.05, 3.63) is 34.0 Å². The molecular weight excluding hydrogens is 282 g/mol. The van der Waals surface area contributed by atoms with Crippen molar-refractivity contribution in [2.24, 2.45) is 10.2 Å². The predicted octanol–water partition coefficient (Wildman–Crippen LogP) is -0.166. The first-order valence-corrected chi connectivity index (χ1v) is 7.13. The first kappa shape index (κ1) is 12.9. The topological polar surface area (TPSA) is 87.0 Å². The van der Waals surface area contributed by atoms with Crippen LogP contribution in [0.4, 0.5) is 5.69 Å². The largest absolute Gasteiger partial charge is 0.273 e. The molecular formula is C15H13N5O2. The molecule has 0 saturated carbocycles. The van der Waals surface area contributed by atoms with Gasteiger partial charge in [-0.25, -0.2) is 0 Å². The Labute approximate surface area is 125 Å². The van der Waals surface area contributed by atoms with Crippen LogP contribution in [0.1, 0.15) is 18.4 Å². The molecule has 1 aromatic rings. The summed E-state index contributed by atoms with van der Waals surface area (Å²) in [7, 11) is 0. The quantitative estimate of drug-likeness (QED) is 0.822. The van der Waals surface area contributed by atoms with Crippen molar-refractivity contribution in [3.63, 3.8) is 0 Å². The third-order valence-electron chi connectivity index (χ3n) is 3.98. The molecule has 3 heterocycles. The molecule has 1 saturated heterocycles. The maximum absolute atomic E-state index is 12.3. The molecule has 0 spiro atoms. The van der Waals surface area contributed by atoms with Gasteiger partial charge in [-0.05, 0) is 12.5 Å². The minimum absolute atomic E-state index is 0.0416. The number of hydrogen-bond donors (Lipinski definition) is 1. The van der Waals surface area contributed by atoms with E-state index in [9.17, 15) is 9.59 Å². The Morgan fingerprint density at radius 2 is 2.23 bits per heavy atom. The standard InChI is InChI=1S/C15H13N5O2/c21-13-2-1-5-20(13)19-15(22)9-3-4-12-11(6-9)14-10(7-16-12)8-17-18-14/h3-4,7-8H,1-2,5-6H2,(H,19,22). The van der Waals surface area contributed by atoms with Crippen LogP contribution in [0.5, 0.6) is 0 Å². The predicted molar refractivity (Wildman–Crippen MR) is 77.8 cm³/mol. The fraction of sp³-hybridized carbons (Fsp3) is 0.267. The molecule has 1 aliphatic carbocycles. The van der Waals surface area contributed by atoms with Gasteiger partial charge in [-0.2, -0.15) is 10.2 Å². The number of carbonyl (C=O) groups is 2. The molecule has 0 bridgehead atoms. The maximum Gasteiger partial charge on any atom is 0.266 e. The number of rotatable bonds is 2. The third kappa shape index (κ3) is 2.02. The van der Waals surface area contributed by atoms with Crippen molar-refractivity contribution < 1.29 is 9.59 Å². The van der Waals surface area contributed by atoms with Gasteiger partial charge in [0.25, 0.3) is 5.91 Å². The van der Waals surface area contributed by atoms with E-state index in [0.29, 0.717) is 25.0 Å². The minimum Gasteiger partial charge on any atom is -0.273 e. The molecule has 1 N–H and O–H groups in total. The van der Waals surface area contributed by atoms with Crippen LogP contribution in [-0.2, 0) is 16.0 Å². The van der Waals surface area contributed by atoms with Crippen molar-refractivity contribution in [3.8, 4) is 0 Å². The number of nitrogens with zero attached hydrogens (tertiary/aromatic N) is 4. The molecule has 0 radical (unpaired) electrons. The Bertz CT molecular complexity index is 869. The second-order valence-electron chi connectivity index (χ2n) is 5.40. The molecule has 4 rings (SSSR count). The van der Waals surface area contributed by atoms with Crippen LogP contribution >= 0.6 is 0 Å². The average Bonchev–Trinajstić information content (AvgIpc) is 3.16. The summed E-state index contributed by atoms with van der Waals surface area (Å²) in [6.45, 7) is 0.568. The molecule has 2 amide bonds. The number of hydrazine groups is 1. The van der Waals surface area contributed by atoms with E-state index in [1.54, 1.807) is 24.5 Å². The number of nitrogens with one attached hydrogen (secondary N) is 1. The fourth-order valence-electron chi connectivity index (χ4n) is 2.80. The van der Waals surface area contributed by atoms with Gasteiger partial charge in [0.2, 0.25) is 5.91 Å². The first-order valence-electron chi connectivity index (χ1n) is 7.13. The van der Waals surface area contributed by atoms with Gasteiger partial charge >= 0.3 is 0 Å². The van der Waals surface area contributed by atoms with E-state index in [4.69, 9.17) is 0 Å². The first-order chi connectivity index (χ1) is 10.7. The van der Waals surface area contributed by atoms with Crippen molar-refractivity contribution >= 4 is 29.8 Å². The SMILES string of the molecule is O=C(NN1CCCC1=O)C1=CC=c2ncc3c(c2C1)N=NC=3. The van der Waals surface area contributed by atoms with Crippen LogP contribution in [0.2, 0.25) is 0 Å². The summed E-state index contributed by atoms with van der Waals surface area (Å²) in [5.41, 5.74) is 4.93. The van der Waals surface area contributed by atoms with Crippen LogP contribution in [-0.4, -0.2) is 28.4 Å². The van der Waals surface area contributed by atoms with Gasteiger partial charge in [0.1, 0.15) is 5.69 Å². The molecule has 7 nitrogen and oxygen atoms in total. The number of allylic oxidation sites excluding steroid dienone is 1. The number of aromatic nitrogens is 1. The van der Waals surface area contributed by atoms with Crippen molar-refractivity contribution in [2.45, 2.75) is 19.3 Å². The van der Waals surface area contributed by atoms with Crippen LogP contribution in [0.25, 0.3) is 12.3 Å². The lowest BCUT2D eigenvalue weighted by Gasteiger charge is -2.19. The van der Waals surface area contributed by atoms with E-state index in [2.05, 4.69) is 20.6 Å². The minimum atomic E-state index is -0.256. The molecule has 0 aromatic carbocycles. The Morgan fingerprint density at radius 3 is 3.05 bits per heavy atom. The summed E-state index contributed by atoms with van der Waals surface area (Å²) in [5.74, 6) is -0.297. The lowest BCUT2D eigenvalue weighted by Crippen LogP contribution is -2.44. The van der Waals surface area contributed by atoms with Crippen LogP contribution < -0.4 is 16.0 Å². The smallest absolute Gasteiger partial charge is 0.266 e. The number of fused-ring (bicyclic) bond motifs is 3. The monoisotopic (exact) mass is 295 g/mol. The number of azo groups is 1. The zero-order valence-electron chi connectivity index (χ0n) is 11.7. The second kappa shape index (κ2) is 4.87. The lowest BCUT2D eigenvalue weighted by molar-refractivity contribution is -0.136.